The summed E-state index contributed by atoms with van der Waals surface area (Å²) in [6, 6.07) is 0. The zero-order chi connectivity index (χ0) is 26.9. The summed E-state index contributed by atoms with van der Waals surface area (Å²) in [6.45, 7) is 3.30. The Bertz CT molecular complexity index is 582. The SMILES string of the molecule is CCCCCCCCCCCCC(C[N+](C)(C)C)OP(=O)(O)O.C[N+](C)(C)CCOP(=O)([O-])[O-]. The summed E-state index contributed by atoms with van der Waals surface area (Å²) >= 11 is 0. The molecule has 0 aliphatic heterocycles. The number of phosphoric ester groups is 2. The minimum Gasteiger partial charge on any atom is -0.790 e. The van der Waals surface area contributed by atoms with E-state index in [1.807, 2.05) is 42.3 Å². The molecule has 0 aliphatic rings. The summed E-state index contributed by atoms with van der Waals surface area (Å²) in [5.41, 5.74) is 0. The molecule has 0 aliphatic carbocycles. The van der Waals surface area contributed by atoms with Crippen LogP contribution < -0.4 is 9.79 Å². The first kappa shape index (κ1) is 36.3. The maximum Gasteiger partial charge on any atom is 0.470 e. The quantitative estimate of drug-likeness (QED) is 0.146. The van der Waals surface area contributed by atoms with Crippen LogP contribution in [-0.4, -0.2) is 86.8 Å². The van der Waals surface area contributed by atoms with E-state index in [4.69, 9.17) is 14.3 Å². The van der Waals surface area contributed by atoms with Crippen molar-refractivity contribution in [2.75, 3.05) is 62.0 Å². The van der Waals surface area contributed by atoms with Crippen molar-refractivity contribution >= 4 is 15.6 Å². The highest BCUT2D eigenvalue weighted by Gasteiger charge is 2.26. The highest BCUT2D eigenvalue weighted by Crippen LogP contribution is 2.39. The minimum absolute atomic E-state index is 0.0478. The van der Waals surface area contributed by atoms with Gasteiger partial charge in [-0.25, -0.2) is 4.57 Å². The Morgan fingerprint density at radius 1 is 0.765 bits per heavy atom. The molecule has 0 amide bonds. The highest BCUT2D eigenvalue weighted by molar-refractivity contribution is 7.46. The zero-order valence-corrected chi connectivity index (χ0v) is 24.4. The molecule has 0 fully saturated rings. The molecule has 1 atom stereocenters. The second-order valence-corrected chi connectivity index (χ2v) is 13.3. The van der Waals surface area contributed by atoms with Crippen LogP contribution in [0.4, 0.5) is 0 Å². The van der Waals surface area contributed by atoms with E-state index in [-0.39, 0.29) is 12.7 Å². The van der Waals surface area contributed by atoms with Crippen LogP contribution in [0.15, 0.2) is 0 Å². The second-order valence-electron chi connectivity index (χ2n) is 11.0. The molecular formula is C22H52N2O8P2. The molecule has 10 nitrogen and oxygen atoms in total. The molecule has 0 spiro atoms. The van der Waals surface area contributed by atoms with Gasteiger partial charge in [-0.15, -0.1) is 0 Å². The Morgan fingerprint density at radius 2 is 1.21 bits per heavy atom. The molecule has 12 heteroatoms. The third-order valence-corrected chi connectivity index (χ3v) is 6.00. The zero-order valence-electron chi connectivity index (χ0n) is 22.6. The van der Waals surface area contributed by atoms with Crippen LogP contribution in [0.5, 0.6) is 0 Å². The molecule has 208 valence electrons. The molecule has 1 unspecified atom stereocenters. The Morgan fingerprint density at radius 3 is 1.56 bits per heavy atom. The van der Waals surface area contributed by atoms with Crippen LogP contribution in [0, 0.1) is 0 Å². The summed E-state index contributed by atoms with van der Waals surface area (Å²) in [5, 5.41) is 0. The Kier molecular flexibility index (Phi) is 19.6. The van der Waals surface area contributed by atoms with E-state index in [0.29, 0.717) is 22.1 Å². The largest absolute Gasteiger partial charge is 0.790 e. The summed E-state index contributed by atoms with van der Waals surface area (Å²) in [6.07, 6.45) is 12.9. The number of quaternary nitrogens is 2. The van der Waals surface area contributed by atoms with Crippen molar-refractivity contribution in [1.29, 1.82) is 0 Å². The van der Waals surface area contributed by atoms with Crippen molar-refractivity contribution in [3.05, 3.63) is 0 Å². The molecule has 0 rings (SSSR count). The van der Waals surface area contributed by atoms with Crippen molar-refractivity contribution in [2.24, 2.45) is 0 Å². The summed E-state index contributed by atoms with van der Waals surface area (Å²) < 4.78 is 31.2. The first-order valence-electron chi connectivity index (χ1n) is 12.4. The fraction of sp³-hybridized carbons (Fsp3) is 1.00. The minimum atomic E-state index is -4.76. The Hall–Kier alpha value is 0.140. The van der Waals surface area contributed by atoms with E-state index >= 15 is 0 Å². The van der Waals surface area contributed by atoms with Gasteiger partial charge in [0.2, 0.25) is 0 Å². The molecule has 34 heavy (non-hydrogen) atoms. The van der Waals surface area contributed by atoms with Gasteiger partial charge in [-0.3, -0.25) is 4.52 Å². The van der Waals surface area contributed by atoms with Crippen LogP contribution in [0.25, 0.3) is 0 Å². The third kappa shape index (κ3) is 34.3. The van der Waals surface area contributed by atoms with E-state index in [1.54, 1.807) is 0 Å². The normalized spacial score (nSPS) is 14.0. The smallest absolute Gasteiger partial charge is 0.470 e. The Labute approximate surface area is 208 Å². The number of unbranched alkanes of at least 4 members (excludes halogenated alkanes) is 9. The van der Waals surface area contributed by atoms with Crippen molar-refractivity contribution in [3.8, 4) is 0 Å². The van der Waals surface area contributed by atoms with Crippen molar-refractivity contribution in [3.63, 3.8) is 0 Å². The molecule has 2 N–H and O–H groups in total. The summed E-state index contributed by atoms with van der Waals surface area (Å²) in [7, 11) is 2.50. The number of nitrogens with zero attached hydrogens (tertiary/aromatic N) is 2. The van der Waals surface area contributed by atoms with E-state index in [2.05, 4.69) is 11.4 Å². The van der Waals surface area contributed by atoms with Gasteiger partial charge in [-0.1, -0.05) is 71.1 Å². The van der Waals surface area contributed by atoms with Crippen LogP contribution in [0.3, 0.4) is 0 Å². The van der Waals surface area contributed by atoms with Crippen LogP contribution >= 0.6 is 15.6 Å². The van der Waals surface area contributed by atoms with Crippen LogP contribution in [-0.2, 0) is 18.2 Å². The molecule has 0 saturated heterocycles. The van der Waals surface area contributed by atoms with Gasteiger partial charge in [0.05, 0.1) is 50.1 Å². The van der Waals surface area contributed by atoms with Crippen molar-refractivity contribution in [1.82, 2.24) is 0 Å². The fourth-order valence-electron chi connectivity index (χ4n) is 3.27. The summed E-state index contributed by atoms with van der Waals surface area (Å²) in [4.78, 5) is 38.0. The molecule has 0 radical (unpaired) electrons. The average Bonchev–Trinajstić information content (AvgIpc) is 2.58. The lowest BCUT2D eigenvalue weighted by Gasteiger charge is -2.31. The number of hydrogen-bond donors (Lipinski definition) is 2. The van der Waals surface area contributed by atoms with Gasteiger partial charge in [0.25, 0.3) is 0 Å². The molecule has 0 aromatic rings. The molecular weight excluding hydrogens is 482 g/mol. The van der Waals surface area contributed by atoms with Crippen LogP contribution in [0.2, 0.25) is 0 Å². The monoisotopic (exact) mass is 534 g/mol. The molecule has 0 bridgehead atoms. The number of rotatable bonds is 19. The van der Waals surface area contributed by atoms with E-state index in [1.165, 1.54) is 51.4 Å². The average molecular weight is 535 g/mol. The number of phosphoric acid groups is 2. The maximum atomic E-state index is 11.1. The van der Waals surface area contributed by atoms with E-state index in [9.17, 15) is 18.9 Å². The van der Waals surface area contributed by atoms with E-state index in [0.717, 1.165) is 19.3 Å². The Balaban J connectivity index is 0. The first-order valence-corrected chi connectivity index (χ1v) is 15.4. The van der Waals surface area contributed by atoms with Gasteiger partial charge in [-0.05, 0) is 6.42 Å². The molecule has 0 heterocycles. The van der Waals surface area contributed by atoms with Gasteiger partial charge in [-0.2, -0.15) is 0 Å². The van der Waals surface area contributed by atoms with Gasteiger partial charge in [0, 0.05) is 0 Å². The molecule has 0 saturated carbocycles. The third-order valence-electron chi connectivity index (χ3n) is 4.93. The summed E-state index contributed by atoms with van der Waals surface area (Å²) in [5.74, 6) is 0. The number of hydrogen-bond acceptors (Lipinski definition) is 6. The van der Waals surface area contributed by atoms with E-state index < -0.39 is 15.6 Å². The fourth-order valence-corrected chi connectivity index (χ4v) is 4.13. The topological polar surface area (TPSA) is 139 Å². The predicted octanol–water partition coefficient (Wildman–Crippen LogP) is 3.02. The highest BCUT2D eigenvalue weighted by atomic mass is 31.2. The van der Waals surface area contributed by atoms with Crippen molar-refractivity contribution in [2.45, 2.75) is 83.7 Å². The number of likely N-dealkylation sites (N-methyl/N-ethyl adjacent to an activating group) is 2. The van der Waals surface area contributed by atoms with Gasteiger partial charge in [0.1, 0.15) is 25.8 Å². The molecule has 0 aromatic heterocycles. The second kappa shape index (κ2) is 18.4. The lowest BCUT2D eigenvalue weighted by Crippen LogP contribution is -2.42. The first-order chi connectivity index (χ1) is 15.3. The maximum absolute atomic E-state index is 11.1. The lowest BCUT2D eigenvalue weighted by molar-refractivity contribution is -0.873. The van der Waals surface area contributed by atoms with Gasteiger partial charge in [0.15, 0.2) is 0 Å². The van der Waals surface area contributed by atoms with Gasteiger partial charge < -0.3 is 37.6 Å². The predicted molar refractivity (Wildman–Crippen MR) is 133 cm³/mol. The standard InChI is InChI=1S/C17H38NO4P.C5H14NO4P/c1-5-6-7-8-9-10-11-12-13-14-15-17(16-18(2,3)4)22-23(19,20)21;1-6(2,3)4-5-10-11(7,8)9/h17H,5-16H2,1-4H3,(H-,19,20,21);4-5H2,1-3H3,(H-,7,8,9). The van der Waals surface area contributed by atoms with Crippen LogP contribution in [0.1, 0.15) is 77.6 Å². The lowest BCUT2D eigenvalue weighted by atomic mass is 10.0. The molecule has 0 aromatic carbocycles. The van der Waals surface area contributed by atoms with Gasteiger partial charge >= 0.3 is 7.82 Å². The van der Waals surface area contributed by atoms with Crippen molar-refractivity contribution < 1.29 is 46.7 Å².